The Kier molecular flexibility index (Phi) is 5.72. The van der Waals surface area contributed by atoms with Gasteiger partial charge in [0.1, 0.15) is 17.3 Å². The van der Waals surface area contributed by atoms with Crippen molar-refractivity contribution in [2.24, 2.45) is 0 Å². The Morgan fingerprint density at radius 2 is 2.00 bits per heavy atom. The van der Waals surface area contributed by atoms with E-state index in [4.69, 9.17) is 5.11 Å². The minimum absolute atomic E-state index is 0.163. The zero-order valence-electron chi connectivity index (χ0n) is 11.7. The Morgan fingerprint density at radius 1 is 1.36 bits per heavy atom. The maximum atomic E-state index is 12.4. The Morgan fingerprint density at radius 3 is 2.45 bits per heavy atom. The predicted molar refractivity (Wildman–Crippen MR) is 70.5 cm³/mol. The number of aromatic amines is 1. The van der Waals surface area contributed by atoms with Crippen LogP contribution in [0.1, 0.15) is 42.2 Å². The number of hydrogen-bond donors (Lipinski definition) is 3. The van der Waals surface area contributed by atoms with Crippen LogP contribution in [0.25, 0.3) is 0 Å². The average Bonchev–Trinajstić information content (AvgIpc) is 2.41. The van der Waals surface area contributed by atoms with Crippen molar-refractivity contribution in [3.8, 4) is 0 Å². The van der Waals surface area contributed by atoms with Gasteiger partial charge in [0.05, 0.1) is 0 Å². The first-order chi connectivity index (χ1) is 10.2. The molecule has 0 spiro atoms. The first-order valence-electron chi connectivity index (χ1n) is 6.51. The van der Waals surface area contributed by atoms with Crippen LogP contribution in [0, 0.1) is 0 Å². The molecule has 0 aromatic carbocycles. The molecule has 0 bridgehead atoms. The van der Waals surface area contributed by atoms with Crippen LogP contribution in [-0.2, 0) is 11.0 Å². The molecule has 3 N–H and O–H groups in total. The summed E-state index contributed by atoms with van der Waals surface area (Å²) in [6.45, 7) is 1.83. The Hall–Kier alpha value is -2.32. The highest BCUT2D eigenvalue weighted by molar-refractivity contribution is 5.96. The molecule has 1 aromatic heterocycles. The Bertz CT molecular complexity index is 610. The van der Waals surface area contributed by atoms with Crippen LogP contribution in [0.4, 0.5) is 13.2 Å². The van der Waals surface area contributed by atoms with E-state index in [1.807, 2.05) is 6.92 Å². The molecule has 0 aliphatic carbocycles. The lowest BCUT2D eigenvalue weighted by atomic mass is 10.1. The number of pyridine rings is 1. The maximum absolute atomic E-state index is 12.4. The van der Waals surface area contributed by atoms with Crippen molar-refractivity contribution in [3.63, 3.8) is 0 Å². The fourth-order valence-corrected chi connectivity index (χ4v) is 1.72. The molecule has 1 heterocycles. The number of aliphatic carboxylic acids is 1. The van der Waals surface area contributed by atoms with Crippen LogP contribution in [0.2, 0.25) is 0 Å². The molecule has 1 atom stereocenters. The number of amides is 1. The molecule has 122 valence electrons. The fourth-order valence-electron chi connectivity index (χ4n) is 1.72. The van der Waals surface area contributed by atoms with Gasteiger partial charge in [0.2, 0.25) is 0 Å². The van der Waals surface area contributed by atoms with Gasteiger partial charge in [0.15, 0.2) is 0 Å². The van der Waals surface area contributed by atoms with Gasteiger partial charge in [-0.1, -0.05) is 19.8 Å². The molecule has 0 saturated carbocycles. The highest BCUT2D eigenvalue weighted by Gasteiger charge is 2.32. The molecule has 9 heteroatoms. The van der Waals surface area contributed by atoms with Gasteiger partial charge in [-0.2, -0.15) is 13.2 Å². The molecule has 0 aliphatic rings. The van der Waals surface area contributed by atoms with Crippen molar-refractivity contribution >= 4 is 11.9 Å². The van der Waals surface area contributed by atoms with E-state index in [0.717, 1.165) is 6.07 Å². The van der Waals surface area contributed by atoms with E-state index in [1.165, 1.54) is 0 Å². The van der Waals surface area contributed by atoms with Gasteiger partial charge < -0.3 is 15.4 Å². The van der Waals surface area contributed by atoms with Crippen LogP contribution in [0.15, 0.2) is 16.9 Å². The van der Waals surface area contributed by atoms with E-state index in [0.29, 0.717) is 18.9 Å². The molecule has 1 unspecified atom stereocenters. The number of halogens is 3. The lowest BCUT2D eigenvalue weighted by Crippen LogP contribution is -2.42. The van der Waals surface area contributed by atoms with Gasteiger partial charge in [-0.3, -0.25) is 9.59 Å². The first-order valence-corrected chi connectivity index (χ1v) is 6.51. The van der Waals surface area contributed by atoms with Gasteiger partial charge in [-0.15, -0.1) is 0 Å². The molecule has 0 saturated heterocycles. The van der Waals surface area contributed by atoms with Crippen molar-refractivity contribution < 1.29 is 27.9 Å². The fraction of sp³-hybridized carbons (Fsp3) is 0.462. The summed E-state index contributed by atoms with van der Waals surface area (Å²) >= 11 is 0. The number of unbranched alkanes of at least 4 members (excludes halogenated alkanes) is 1. The predicted octanol–water partition coefficient (Wildman–Crippen LogP) is 1.77. The molecule has 1 rings (SSSR count). The maximum Gasteiger partial charge on any atom is 0.431 e. The zero-order valence-corrected chi connectivity index (χ0v) is 11.7. The summed E-state index contributed by atoms with van der Waals surface area (Å²) in [6.07, 6.45) is -3.32. The summed E-state index contributed by atoms with van der Waals surface area (Å²) in [5, 5.41) is 11.1. The summed E-state index contributed by atoms with van der Waals surface area (Å²) in [4.78, 5) is 35.9. The lowest BCUT2D eigenvalue weighted by molar-refractivity contribution is -0.141. The molecule has 0 aliphatic heterocycles. The summed E-state index contributed by atoms with van der Waals surface area (Å²) in [7, 11) is 0. The molecule has 0 fully saturated rings. The molecule has 1 aromatic rings. The van der Waals surface area contributed by atoms with Crippen LogP contribution in [0.5, 0.6) is 0 Å². The largest absolute Gasteiger partial charge is 0.480 e. The molecule has 22 heavy (non-hydrogen) atoms. The number of carboxylic acid groups (broad SMARTS) is 1. The number of rotatable bonds is 6. The SMILES string of the molecule is CCCCC(NC(=O)c1ccc(C(F)(F)F)[nH]c1=O)C(=O)O. The Balaban J connectivity index is 2.94. The van der Waals surface area contributed by atoms with E-state index >= 15 is 0 Å². The molecule has 6 nitrogen and oxygen atoms in total. The van der Waals surface area contributed by atoms with Crippen LogP contribution >= 0.6 is 0 Å². The van der Waals surface area contributed by atoms with Gasteiger partial charge in [0.25, 0.3) is 11.5 Å². The molecule has 0 radical (unpaired) electrons. The van der Waals surface area contributed by atoms with E-state index in [2.05, 4.69) is 5.32 Å². The van der Waals surface area contributed by atoms with E-state index in [9.17, 15) is 27.6 Å². The number of hydrogen-bond acceptors (Lipinski definition) is 3. The Labute approximate surface area is 123 Å². The molecular weight excluding hydrogens is 305 g/mol. The first kappa shape index (κ1) is 17.7. The number of alkyl halides is 3. The molecule has 1 amide bonds. The van der Waals surface area contributed by atoms with Gasteiger partial charge in [-0.25, -0.2) is 4.79 Å². The van der Waals surface area contributed by atoms with E-state index in [1.54, 1.807) is 4.98 Å². The van der Waals surface area contributed by atoms with Crippen molar-refractivity contribution in [1.29, 1.82) is 0 Å². The van der Waals surface area contributed by atoms with Crippen LogP contribution in [-0.4, -0.2) is 28.0 Å². The average molecular weight is 320 g/mol. The van der Waals surface area contributed by atoms with Crippen LogP contribution in [0.3, 0.4) is 0 Å². The second-order valence-electron chi connectivity index (χ2n) is 4.62. The van der Waals surface area contributed by atoms with E-state index < -0.39 is 40.9 Å². The van der Waals surface area contributed by atoms with E-state index in [-0.39, 0.29) is 6.42 Å². The third kappa shape index (κ3) is 4.61. The highest BCUT2D eigenvalue weighted by atomic mass is 19.4. The quantitative estimate of drug-likeness (QED) is 0.744. The number of H-pyrrole nitrogens is 1. The van der Waals surface area contributed by atoms with Crippen LogP contribution < -0.4 is 10.9 Å². The second kappa shape index (κ2) is 7.10. The third-order valence-electron chi connectivity index (χ3n) is 2.91. The number of carbonyl (C=O) groups is 2. The van der Waals surface area contributed by atoms with Gasteiger partial charge >= 0.3 is 12.1 Å². The normalized spacial score (nSPS) is 12.7. The van der Waals surface area contributed by atoms with Crippen molar-refractivity contribution in [3.05, 3.63) is 33.7 Å². The third-order valence-corrected chi connectivity index (χ3v) is 2.91. The summed E-state index contributed by atoms with van der Waals surface area (Å²) in [5.41, 5.74) is -3.09. The van der Waals surface area contributed by atoms with Crippen molar-refractivity contribution in [2.75, 3.05) is 0 Å². The smallest absolute Gasteiger partial charge is 0.431 e. The minimum Gasteiger partial charge on any atom is -0.480 e. The standard InChI is InChI=1S/C13H15F3N2O4/c1-2-3-4-8(12(21)22)17-10(19)7-5-6-9(13(14,15)16)18-11(7)20/h5-6,8H,2-4H2,1H3,(H,17,19)(H,18,20)(H,21,22). The summed E-state index contributed by atoms with van der Waals surface area (Å²) in [5.74, 6) is -2.30. The summed E-state index contributed by atoms with van der Waals surface area (Å²) < 4.78 is 37.2. The number of carbonyl (C=O) groups excluding carboxylic acids is 1. The highest BCUT2D eigenvalue weighted by Crippen LogP contribution is 2.26. The number of aromatic nitrogens is 1. The van der Waals surface area contributed by atoms with Crippen molar-refractivity contribution in [2.45, 2.75) is 38.4 Å². The number of nitrogens with one attached hydrogen (secondary N) is 2. The second-order valence-corrected chi connectivity index (χ2v) is 4.62. The summed E-state index contributed by atoms with van der Waals surface area (Å²) in [6, 6.07) is 0.0718. The topological polar surface area (TPSA) is 99.3 Å². The lowest BCUT2D eigenvalue weighted by Gasteiger charge is -2.14. The zero-order chi connectivity index (χ0) is 16.9. The molecular formula is C13H15F3N2O4. The monoisotopic (exact) mass is 320 g/mol. The number of carboxylic acids is 1. The van der Waals surface area contributed by atoms with Crippen molar-refractivity contribution in [1.82, 2.24) is 10.3 Å². The minimum atomic E-state index is -4.74. The van der Waals surface area contributed by atoms with Gasteiger partial charge in [-0.05, 0) is 18.6 Å². The van der Waals surface area contributed by atoms with Gasteiger partial charge in [0, 0.05) is 0 Å².